The van der Waals surface area contributed by atoms with E-state index in [1.54, 1.807) is 31.4 Å². The Bertz CT molecular complexity index is 792. The van der Waals surface area contributed by atoms with Crippen molar-refractivity contribution in [1.82, 2.24) is 4.90 Å². The maximum atomic E-state index is 12.8. The monoisotopic (exact) mass is 354 g/mol. The molecule has 1 aliphatic heterocycles. The number of anilines is 1. The van der Waals surface area contributed by atoms with Crippen LogP contribution in [0.5, 0.6) is 5.75 Å². The van der Waals surface area contributed by atoms with Crippen molar-refractivity contribution in [2.45, 2.75) is 13.0 Å². The fourth-order valence-corrected chi connectivity index (χ4v) is 2.83. The minimum absolute atomic E-state index is 0.186. The molecule has 3 rings (SSSR count). The molecular weight excluding hydrogens is 335 g/mol. The topological polar surface area (TPSA) is 90.3 Å². The van der Waals surface area contributed by atoms with Crippen molar-refractivity contribution in [3.05, 3.63) is 54.1 Å². The second kappa shape index (κ2) is 7.59. The lowest BCUT2D eigenvalue weighted by Crippen LogP contribution is -2.52. The van der Waals surface area contributed by atoms with Gasteiger partial charge < -0.3 is 14.8 Å². The van der Waals surface area contributed by atoms with Crippen molar-refractivity contribution < 1.29 is 24.4 Å². The van der Waals surface area contributed by atoms with Crippen LogP contribution in [0.4, 0.5) is 10.5 Å². The van der Waals surface area contributed by atoms with Gasteiger partial charge in [0.05, 0.1) is 13.7 Å². The zero-order valence-electron chi connectivity index (χ0n) is 14.3. The predicted octanol–water partition coefficient (Wildman–Crippen LogP) is 0.734. The van der Waals surface area contributed by atoms with E-state index >= 15 is 0 Å². The smallest absolute Gasteiger partial charge is 0.488 e. The van der Waals surface area contributed by atoms with Crippen LogP contribution in [-0.2, 0) is 11.3 Å². The van der Waals surface area contributed by atoms with Gasteiger partial charge in [-0.1, -0.05) is 24.3 Å². The van der Waals surface area contributed by atoms with Crippen LogP contribution in [0.25, 0.3) is 0 Å². The van der Waals surface area contributed by atoms with Crippen molar-refractivity contribution in [3.8, 4) is 5.75 Å². The molecule has 7 nitrogen and oxygen atoms in total. The van der Waals surface area contributed by atoms with Crippen molar-refractivity contribution in [1.29, 1.82) is 0 Å². The van der Waals surface area contributed by atoms with Gasteiger partial charge in [0.15, 0.2) is 0 Å². The Balaban J connectivity index is 1.77. The molecular formula is C18H19BN2O5. The summed E-state index contributed by atoms with van der Waals surface area (Å²) in [6, 6.07) is 13.1. The number of methoxy groups -OCH3 is 1. The van der Waals surface area contributed by atoms with Gasteiger partial charge in [-0.3, -0.25) is 14.6 Å². The van der Waals surface area contributed by atoms with Crippen LogP contribution >= 0.6 is 0 Å². The number of rotatable bonds is 5. The number of carbonyl (C=O) groups is 2. The highest BCUT2D eigenvalue weighted by Gasteiger charge is 2.32. The number of urea groups is 1. The zero-order valence-corrected chi connectivity index (χ0v) is 14.3. The third-order valence-electron chi connectivity index (χ3n) is 4.31. The lowest BCUT2D eigenvalue weighted by atomic mass is 9.80. The number of benzene rings is 2. The van der Waals surface area contributed by atoms with Crippen LogP contribution in [0.3, 0.4) is 0 Å². The van der Waals surface area contributed by atoms with Crippen LogP contribution < -0.4 is 15.1 Å². The van der Waals surface area contributed by atoms with Crippen LogP contribution in [-0.4, -0.2) is 47.7 Å². The highest BCUT2D eigenvalue weighted by Crippen LogP contribution is 2.22. The Kier molecular flexibility index (Phi) is 5.25. The summed E-state index contributed by atoms with van der Waals surface area (Å²) in [6.07, 6.45) is 0.228. The molecule has 0 bridgehead atoms. The largest absolute Gasteiger partial charge is 0.497 e. The summed E-state index contributed by atoms with van der Waals surface area (Å²) in [5.41, 5.74) is 1.77. The van der Waals surface area contributed by atoms with Crippen molar-refractivity contribution in [2.75, 3.05) is 18.6 Å². The fourth-order valence-electron chi connectivity index (χ4n) is 2.83. The van der Waals surface area contributed by atoms with Gasteiger partial charge in [0.25, 0.3) is 0 Å². The van der Waals surface area contributed by atoms with E-state index in [0.717, 1.165) is 5.56 Å². The minimum atomic E-state index is -1.56. The molecule has 3 amide bonds. The summed E-state index contributed by atoms with van der Waals surface area (Å²) >= 11 is 0. The fraction of sp³-hybridized carbons (Fsp3) is 0.222. The SMILES string of the molecule is COc1ccc(CN2C(=O)CCN(c3ccc(B(O)O)cc3)C2=O)cc1. The van der Waals surface area contributed by atoms with Crippen LogP contribution in [0.15, 0.2) is 48.5 Å². The summed E-state index contributed by atoms with van der Waals surface area (Å²) in [5.74, 6) is 0.488. The minimum Gasteiger partial charge on any atom is -0.497 e. The third-order valence-corrected chi connectivity index (χ3v) is 4.31. The van der Waals surface area contributed by atoms with E-state index in [4.69, 9.17) is 14.8 Å². The summed E-state index contributed by atoms with van der Waals surface area (Å²) in [6.45, 7) is 0.476. The van der Waals surface area contributed by atoms with E-state index < -0.39 is 13.1 Å². The number of hydrogen-bond acceptors (Lipinski definition) is 5. The lowest BCUT2D eigenvalue weighted by Gasteiger charge is -2.34. The summed E-state index contributed by atoms with van der Waals surface area (Å²) < 4.78 is 5.11. The molecule has 8 heteroatoms. The van der Waals surface area contributed by atoms with E-state index in [0.29, 0.717) is 16.9 Å². The molecule has 0 unspecified atom stereocenters. The average Bonchev–Trinajstić information content (AvgIpc) is 2.66. The molecule has 0 saturated carbocycles. The highest BCUT2D eigenvalue weighted by molar-refractivity contribution is 6.58. The van der Waals surface area contributed by atoms with Gasteiger partial charge in [-0.25, -0.2) is 4.79 Å². The zero-order chi connectivity index (χ0) is 18.7. The molecule has 1 heterocycles. The second-order valence-electron chi connectivity index (χ2n) is 5.98. The second-order valence-corrected chi connectivity index (χ2v) is 5.98. The van der Waals surface area contributed by atoms with Gasteiger partial charge in [0.2, 0.25) is 5.91 Å². The van der Waals surface area contributed by atoms with E-state index in [2.05, 4.69) is 0 Å². The predicted molar refractivity (Wildman–Crippen MR) is 97.2 cm³/mol. The van der Waals surface area contributed by atoms with E-state index in [1.165, 1.54) is 21.9 Å². The first-order valence-electron chi connectivity index (χ1n) is 8.20. The van der Waals surface area contributed by atoms with E-state index in [-0.39, 0.29) is 25.4 Å². The van der Waals surface area contributed by atoms with Gasteiger partial charge in [0.1, 0.15) is 5.75 Å². The van der Waals surface area contributed by atoms with Crippen LogP contribution in [0.2, 0.25) is 0 Å². The van der Waals surface area contributed by atoms with Crippen molar-refractivity contribution >= 4 is 30.2 Å². The molecule has 1 aliphatic rings. The van der Waals surface area contributed by atoms with Crippen LogP contribution in [0, 0.1) is 0 Å². The molecule has 0 radical (unpaired) electrons. The number of carbonyl (C=O) groups excluding carboxylic acids is 2. The number of hydrogen-bond donors (Lipinski definition) is 2. The van der Waals surface area contributed by atoms with Gasteiger partial charge in [-0.2, -0.15) is 0 Å². The molecule has 2 aromatic carbocycles. The highest BCUT2D eigenvalue weighted by atomic mass is 16.5. The van der Waals surface area contributed by atoms with Gasteiger partial charge in [-0.05, 0) is 35.3 Å². The summed E-state index contributed by atoms with van der Waals surface area (Å²) in [5, 5.41) is 18.3. The summed E-state index contributed by atoms with van der Waals surface area (Å²) in [7, 11) is 0.0142. The Morgan fingerprint density at radius 1 is 1.04 bits per heavy atom. The van der Waals surface area contributed by atoms with E-state index in [9.17, 15) is 9.59 Å². The normalized spacial score (nSPS) is 14.6. The van der Waals surface area contributed by atoms with Crippen molar-refractivity contribution in [2.24, 2.45) is 0 Å². The number of nitrogens with zero attached hydrogens (tertiary/aromatic N) is 2. The first kappa shape index (κ1) is 18.0. The number of ether oxygens (including phenoxy) is 1. The standard InChI is InChI=1S/C18H19BN2O5/c1-26-16-8-2-13(3-9-16)12-21-17(22)10-11-20(18(21)23)15-6-4-14(5-7-15)19(24)25/h2-9,24-25H,10-12H2,1H3. The maximum absolute atomic E-state index is 12.8. The molecule has 0 aromatic heterocycles. The molecule has 0 spiro atoms. The first-order valence-corrected chi connectivity index (χ1v) is 8.20. The molecule has 0 atom stereocenters. The Hall–Kier alpha value is -2.84. The van der Waals surface area contributed by atoms with Crippen LogP contribution in [0.1, 0.15) is 12.0 Å². The Morgan fingerprint density at radius 2 is 1.69 bits per heavy atom. The molecule has 26 heavy (non-hydrogen) atoms. The number of amides is 3. The quantitative estimate of drug-likeness (QED) is 0.773. The molecule has 1 fully saturated rings. The molecule has 0 aliphatic carbocycles. The van der Waals surface area contributed by atoms with Gasteiger partial charge in [-0.15, -0.1) is 0 Å². The first-order chi connectivity index (χ1) is 12.5. The van der Waals surface area contributed by atoms with E-state index in [1.807, 2.05) is 12.1 Å². The maximum Gasteiger partial charge on any atom is 0.488 e. The summed E-state index contributed by atoms with van der Waals surface area (Å²) in [4.78, 5) is 27.8. The molecule has 134 valence electrons. The van der Waals surface area contributed by atoms with Crippen molar-refractivity contribution in [3.63, 3.8) is 0 Å². The molecule has 1 saturated heterocycles. The average molecular weight is 354 g/mol. The van der Waals surface area contributed by atoms with Gasteiger partial charge in [0, 0.05) is 18.7 Å². The Labute approximate surface area is 151 Å². The molecule has 2 aromatic rings. The third kappa shape index (κ3) is 3.71. The molecule has 2 N–H and O–H groups in total. The number of imide groups is 1. The van der Waals surface area contributed by atoms with Gasteiger partial charge >= 0.3 is 13.1 Å². The Morgan fingerprint density at radius 3 is 2.27 bits per heavy atom. The lowest BCUT2D eigenvalue weighted by molar-refractivity contribution is -0.129.